The van der Waals surface area contributed by atoms with Crippen molar-refractivity contribution in [3.8, 4) is 0 Å². The van der Waals surface area contributed by atoms with E-state index in [0.717, 1.165) is 12.8 Å². The van der Waals surface area contributed by atoms with Gasteiger partial charge in [0.25, 0.3) is 0 Å². The third kappa shape index (κ3) is 4.54. The van der Waals surface area contributed by atoms with Gasteiger partial charge in [-0.3, -0.25) is 4.79 Å². The van der Waals surface area contributed by atoms with E-state index in [-0.39, 0.29) is 12.5 Å². The number of aliphatic carboxylic acids is 1. The summed E-state index contributed by atoms with van der Waals surface area (Å²) >= 11 is 0. The number of piperazine rings is 1. The highest BCUT2D eigenvalue weighted by atomic mass is 16.4. The van der Waals surface area contributed by atoms with Crippen LogP contribution in [0.5, 0.6) is 0 Å². The molecule has 0 radical (unpaired) electrons. The van der Waals surface area contributed by atoms with Crippen molar-refractivity contribution in [3.63, 3.8) is 0 Å². The maximum Gasteiger partial charge on any atom is 0.326 e. The highest BCUT2D eigenvalue weighted by Crippen LogP contribution is 2.17. The third-order valence-electron chi connectivity index (χ3n) is 3.90. The number of carboxylic acid groups (broad SMARTS) is 1. The second kappa shape index (κ2) is 7.75. The number of rotatable bonds is 7. The average Bonchev–Trinajstić information content (AvgIpc) is 2.54. The van der Waals surface area contributed by atoms with Gasteiger partial charge in [0, 0.05) is 26.2 Å². The van der Waals surface area contributed by atoms with Crippen LogP contribution in [-0.2, 0) is 9.59 Å². The van der Waals surface area contributed by atoms with Crippen LogP contribution in [0.15, 0.2) is 12.4 Å². The highest BCUT2D eigenvalue weighted by Gasteiger charge is 2.23. The predicted octanol–water partition coefficient (Wildman–Crippen LogP) is 0.810. The molecule has 0 aromatic carbocycles. The molecule has 1 aromatic heterocycles. The number of hydrogen-bond acceptors (Lipinski definition) is 6. The SMILES string of the molecule is CCCCC(Nc1cc(N2CCN(C)C(=O)C2)ncn1)C(=O)O. The van der Waals surface area contributed by atoms with E-state index in [9.17, 15) is 14.7 Å². The summed E-state index contributed by atoms with van der Waals surface area (Å²) in [6.07, 6.45) is 3.69. The summed E-state index contributed by atoms with van der Waals surface area (Å²) in [5.41, 5.74) is 0. The van der Waals surface area contributed by atoms with E-state index in [0.29, 0.717) is 31.1 Å². The molecular weight excluding hydrogens is 298 g/mol. The minimum absolute atomic E-state index is 0.0377. The van der Waals surface area contributed by atoms with Crippen LogP contribution in [0.1, 0.15) is 26.2 Å². The van der Waals surface area contributed by atoms with Crippen LogP contribution in [-0.4, -0.2) is 64.6 Å². The molecule has 1 unspecified atom stereocenters. The van der Waals surface area contributed by atoms with Gasteiger partial charge in [-0.2, -0.15) is 0 Å². The van der Waals surface area contributed by atoms with Crippen LogP contribution >= 0.6 is 0 Å². The minimum atomic E-state index is -0.895. The number of unbranched alkanes of at least 4 members (excludes halogenated alkanes) is 1. The standard InChI is InChI=1S/C15H23N5O3/c1-3-4-5-11(15(22)23)18-12-8-13(17-10-16-12)20-7-6-19(2)14(21)9-20/h8,10-11H,3-7,9H2,1-2H3,(H,22,23)(H,16,17,18). The van der Waals surface area contributed by atoms with Crippen molar-refractivity contribution in [1.82, 2.24) is 14.9 Å². The fourth-order valence-corrected chi connectivity index (χ4v) is 2.40. The smallest absolute Gasteiger partial charge is 0.326 e. The number of carbonyl (C=O) groups is 2. The first-order chi connectivity index (χ1) is 11.0. The first kappa shape index (κ1) is 17.0. The topological polar surface area (TPSA) is 98.7 Å². The molecule has 0 bridgehead atoms. The Morgan fingerprint density at radius 3 is 2.87 bits per heavy atom. The summed E-state index contributed by atoms with van der Waals surface area (Å²) in [6, 6.07) is 1.02. The lowest BCUT2D eigenvalue weighted by Gasteiger charge is -2.32. The maximum atomic E-state index is 11.8. The third-order valence-corrected chi connectivity index (χ3v) is 3.90. The first-order valence-corrected chi connectivity index (χ1v) is 7.81. The van der Waals surface area contributed by atoms with Crippen molar-refractivity contribution in [2.24, 2.45) is 0 Å². The number of nitrogens with one attached hydrogen (secondary N) is 1. The molecule has 23 heavy (non-hydrogen) atoms. The van der Waals surface area contributed by atoms with Crippen LogP contribution < -0.4 is 10.2 Å². The van der Waals surface area contributed by atoms with Crippen molar-refractivity contribution in [2.45, 2.75) is 32.2 Å². The van der Waals surface area contributed by atoms with Crippen LogP contribution in [0.4, 0.5) is 11.6 Å². The summed E-state index contributed by atoms with van der Waals surface area (Å²) in [5, 5.41) is 12.2. The van der Waals surface area contributed by atoms with E-state index in [1.165, 1.54) is 6.33 Å². The van der Waals surface area contributed by atoms with E-state index >= 15 is 0 Å². The second-order valence-corrected chi connectivity index (χ2v) is 5.68. The quantitative estimate of drug-likeness (QED) is 0.766. The molecule has 2 rings (SSSR count). The summed E-state index contributed by atoms with van der Waals surface area (Å²) in [5.74, 6) is 0.234. The van der Waals surface area contributed by atoms with Gasteiger partial charge in [-0.1, -0.05) is 19.8 Å². The molecular formula is C15H23N5O3. The van der Waals surface area contributed by atoms with Crippen LogP contribution in [0.2, 0.25) is 0 Å². The van der Waals surface area contributed by atoms with E-state index in [2.05, 4.69) is 15.3 Å². The Balaban J connectivity index is 2.07. The minimum Gasteiger partial charge on any atom is -0.480 e. The Morgan fingerprint density at radius 2 is 2.22 bits per heavy atom. The zero-order valence-corrected chi connectivity index (χ0v) is 13.5. The van der Waals surface area contributed by atoms with Gasteiger partial charge in [0.1, 0.15) is 24.0 Å². The van der Waals surface area contributed by atoms with Gasteiger partial charge in [-0.05, 0) is 6.42 Å². The molecule has 1 aromatic rings. The lowest BCUT2D eigenvalue weighted by atomic mass is 10.1. The molecule has 1 atom stereocenters. The lowest BCUT2D eigenvalue weighted by Crippen LogP contribution is -2.48. The van der Waals surface area contributed by atoms with Gasteiger partial charge >= 0.3 is 5.97 Å². The normalized spacial score (nSPS) is 16.3. The van der Waals surface area contributed by atoms with Gasteiger partial charge < -0.3 is 20.2 Å². The second-order valence-electron chi connectivity index (χ2n) is 5.68. The largest absolute Gasteiger partial charge is 0.480 e. The molecule has 2 N–H and O–H groups in total. The van der Waals surface area contributed by atoms with E-state index < -0.39 is 12.0 Å². The predicted molar refractivity (Wildman–Crippen MR) is 86.5 cm³/mol. The molecule has 8 heteroatoms. The molecule has 1 amide bonds. The molecule has 1 saturated heterocycles. The molecule has 8 nitrogen and oxygen atoms in total. The van der Waals surface area contributed by atoms with E-state index in [1.54, 1.807) is 18.0 Å². The average molecular weight is 321 g/mol. The molecule has 0 saturated carbocycles. The van der Waals surface area contributed by atoms with Crippen LogP contribution in [0.3, 0.4) is 0 Å². The van der Waals surface area contributed by atoms with E-state index in [1.807, 2.05) is 11.8 Å². The van der Waals surface area contributed by atoms with Gasteiger partial charge in [0.05, 0.1) is 6.54 Å². The Morgan fingerprint density at radius 1 is 1.43 bits per heavy atom. The van der Waals surface area contributed by atoms with Gasteiger partial charge in [0.15, 0.2) is 0 Å². The Kier molecular flexibility index (Phi) is 5.72. The van der Waals surface area contributed by atoms with Crippen molar-refractivity contribution in [3.05, 3.63) is 12.4 Å². The molecule has 0 aliphatic carbocycles. The van der Waals surface area contributed by atoms with Crippen molar-refractivity contribution in [1.29, 1.82) is 0 Å². The fraction of sp³-hybridized carbons (Fsp3) is 0.600. The first-order valence-electron chi connectivity index (χ1n) is 7.81. The number of carboxylic acids is 1. The highest BCUT2D eigenvalue weighted by molar-refractivity contribution is 5.82. The number of aromatic nitrogens is 2. The molecule has 1 aliphatic rings. The van der Waals surface area contributed by atoms with Gasteiger partial charge in [-0.25, -0.2) is 14.8 Å². The number of likely N-dealkylation sites (N-methyl/N-ethyl adjacent to an activating group) is 1. The monoisotopic (exact) mass is 321 g/mol. The zero-order chi connectivity index (χ0) is 16.8. The molecule has 126 valence electrons. The summed E-state index contributed by atoms with van der Waals surface area (Å²) in [6.45, 7) is 3.62. The number of hydrogen-bond donors (Lipinski definition) is 2. The lowest BCUT2D eigenvalue weighted by molar-refractivity contribution is -0.138. The maximum absolute atomic E-state index is 11.8. The summed E-state index contributed by atoms with van der Waals surface area (Å²) in [7, 11) is 1.78. The molecule has 1 fully saturated rings. The van der Waals surface area contributed by atoms with Gasteiger partial charge in [-0.15, -0.1) is 0 Å². The fourth-order valence-electron chi connectivity index (χ4n) is 2.40. The van der Waals surface area contributed by atoms with Crippen molar-refractivity contribution in [2.75, 3.05) is 36.9 Å². The van der Waals surface area contributed by atoms with Crippen molar-refractivity contribution >= 4 is 23.5 Å². The number of amides is 1. The number of carbonyl (C=O) groups excluding carboxylic acids is 1. The molecule has 1 aliphatic heterocycles. The molecule has 2 heterocycles. The van der Waals surface area contributed by atoms with E-state index in [4.69, 9.17) is 0 Å². The number of anilines is 2. The Hall–Kier alpha value is -2.38. The van der Waals surface area contributed by atoms with Crippen molar-refractivity contribution < 1.29 is 14.7 Å². The summed E-state index contributed by atoms with van der Waals surface area (Å²) in [4.78, 5) is 34.9. The number of nitrogens with zero attached hydrogens (tertiary/aromatic N) is 4. The summed E-state index contributed by atoms with van der Waals surface area (Å²) < 4.78 is 0. The van der Waals surface area contributed by atoms with Gasteiger partial charge in [0.2, 0.25) is 5.91 Å². The Bertz CT molecular complexity index is 566. The van der Waals surface area contributed by atoms with Crippen LogP contribution in [0, 0.1) is 0 Å². The zero-order valence-electron chi connectivity index (χ0n) is 13.5. The Labute approximate surface area is 135 Å². The molecule has 0 spiro atoms. The van der Waals surface area contributed by atoms with Crippen LogP contribution in [0.25, 0.3) is 0 Å².